The zero-order valence-electron chi connectivity index (χ0n) is 36.9. The number of carboxylic acids is 1. The largest absolute Gasteiger partial charge is 0.481 e. The summed E-state index contributed by atoms with van der Waals surface area (Å²) >= 11 is 0. The van der Waals surface area contributed by atoms with Crippen LogP contribution in [0.2, 0.25) is 0 Å². The number of carboxylic acid groups (broad SMARTS) is 1. The van der Waals surface area contributed by atoms with Crippen LogP contribution < -0.4 is 5.73 Å². The van der Waals surface area contributed by atoms with E-state index in [2.05, 4.69) is 0 Å². The summed E-state index contributed by atoms with van der Waals surface area (Å²) in [6, 6.07) is -1.16. The highest BCUT2D eigenvalue weighted by Gasteiger charge is 2.53. The van der Waals surface area contributed by atoms with Gasteiger partial charge in [0, 0.05) is 31.1 Å². The Morgan fingerprint density at radius 1 is 0.688 bits per heavy atom. The van der Waals surface area contributed by atoms with Crippen molar-refractivity contribution in [2.75, 3.05) is 0 Å². The summed E-state index contributed by atoms with van der Waals surface area (Å²) in [7, 11) is 0. The third-order valence-corrected chi connectivity index (χ3v) is 11.9. The van der Waals surface area contributed by atoms with Gasteiger partial charge in [0.25, 0.3) is 0 Å². The van der Waals surface area contributed by atoms with Crippen LogP contribution in [0.5, 0.6) is 0 Å². The van der Waals surface area contributed by atoms with E-state index in [1.165, 1.54) is 13.0 Å². The first kappa shape index (κ1) is 54.9. The lowest BCUT2D eigenvalue weighted by Gasteiger charge is -2.46. The first-order valence-corrected chi connectivity index (χ1v) is 21.8. The van der Waals surface area contributed by atoms with Crippen molar-refractivity contribution in [2.24, 2.45) is 23.5 Å². The smallest absolute Gasteiger partial charge is 0.311 e. The van der Waals surface area contributed by atoms with Gasteiger partial charge in [-0.05, 0) is 33.1 Å². The van der Waals surface area contributed by atoms with Crippen LogP contribution in [0.4, 0.5) is 0 Å². The van der Waals surface area contributed by atoms with E-state index < -0.39 is 147 Å². The number of carbonyl (C=O) groups excluding carboxylic acids is 1. The van der Waals surface area contributed by atoms with Gasteiger partial charge in [-0.3, -0.25) is 9.59 Å². The summed E-state index contributed by atoms with van der Waals surface area (Å²) in [5.74, 6) is -7.29. The third-order valence-electron chi connectivity index (χ3n) is 11.9. The SMILES string of the molecule is C[C@@H]1[C@H](O)[C@@H](C)/C=C/C=C/C=C/C=C/C=C/C=C/C=C/[C@H](O[C@@H]2O[C@H](C)[C@@H](O)[C@H](N)[C@@H]2O)CC2O[C@@](O)(C[C@H](O)C2C(=O)O)[C@@H](O)C[C@@H](O)[C@H](O)CC[C@@H](O)C[C@@H](O)CC(=O)O[C@H]1C. The molecule has 362 valence electrons. The van der Waals surface area contributed by atoms with Crippen molar-refractivity contribution in [3.8, 4) is 0 Å². The Morgan fingerprint density at radius 3 is 1.83 bits per heavy atom. The van der Waals surface area contributed by atoms with Crippen molar-refractivity contribution in [1.29, 1.82) is 0 Å². The molecule has 3 aliphatic rings. The van der Waals surface area contributed by atoms with Crippen LogP contribution in [-0.2, 0) is 28.5 Å². The van der Waals surface area contributed by atoms with Gasteiger partial charge in [-0.25, -0.2) is 0 Å². The number of ether oxygens (including phenoxy) is 4. The third kappa shape index (κ3) is 17.1. The van der Waals surface area contributed by atoms with E-state index in [9.17, 15) is 65.8 Å². The van der Waals surface area contributed by atoms with Gasteiger partial charge in [-0.1, -0.05) is 98.9 Å². The number of rotatable bonds is 3. The molecule has 0 saturated carbocycles. The molecule has 3 aliphatic heterocycles. The molecular formula is C46H71NO17. The summed E-state index contributed by atoms with van der Waals surface area (Å²) in [6.07, 6.45) is 2.24. The Kier molecular flexibility index (Phi) is 22.8. The number of allylic oxidation sites excluding steroid dienone is 12. The van der Waals surface area contributed by atoms with Gasteiger partial charge in [0.1, 0.15) is 24.2 Å². The number of carbonyl (C=O) groups is 2. The fourth-order valence-electron chi connectivity index (χ4n) is 7.69. The van der Waals surface area contributed by atoms with Crippen molar-refractivity contribution >= 4 is 11.9 Å². The van der Waals surface area contributed by atoms with Gasteiger partial charge >= 0.3 is 11.9 Å². The summed E-state index contributed by atoms with van der Waals surface area (Å²) in [5.41, 5.74) is 6.01. The maximum atomic E-state index is 12.6. The second kappa shape index (κ2) is 26.6. The van der Waals surface area contributed by atoms with Crippen molar-refractivity contribution in [3.05, 3.63) is 85.1 Å². The molecule has 0 aliphatic carbocycles. The highest BCUT2D eigenvalue weighted by molar-refractivity contribution is 5.71. The molecule has 18 nitrogen and oxygen atoms in total. The lowest BCUT2D eigenvalue weighted by atomic mass is 9.82. The minimum absolute atomic E-state index is 0.155. The Morgan fingerprint density at radius 2 is 1.25 bits per heavy atom. The lowest BCUT2D eigenvalue weighted by Crippen LogP contribution is -2.62. The molecule has 2 bridgehead atoms. The van der Waals surface area contributed by atoms with Crippen LogP contribution >= 0.6 is 0 Å². The molecule has 3 heterocycles. The topological polar surface area (TPSA) is 320 Å². The number of cyclic esters (lactones) is 1. The van der Waals surface area contributed by atoms with Crippen LogP contribution in [0.1, 0.15) is 72.6 Å². The highest BCUT2D eigenvalue weighted by Crippen LogP contribution is 2.38. The van der Waals surface area contributed by atoms with Gasteiger partial charge in [0.15, 0.2) is 12.1 Å². The molecule has 0 aromatic carbocycles. The average molecular weight is 910 g/mol. The van der Waals surface area contributed by atoms with Gasteiger partial charge in [-0.15, -0.1) is 0 Å². The molecule has 13 N–H and O–H groups in total. The lowest BCUT2D eigenvalue weighted by molar-refractivity contribution is -0.331. The van der Waals surface area contributed by atoms with Gasteiger partial charge < -0.3 is 80.9 Å². The molecule has 0 spiro atoms. The quantitative estimate of drug-likeness (QED) is 0.170. The predicted molar refractivity (Wildman–Crippen MR) is 232 cm³/mol. The van der Waals surface area contributed by atoms with Crippen molar-refractivity contribution in [3.63, 3.8) is 0 Å². The minimum atomic E-state index is -2.65. The molecule has 2 fully saturated rings. The monoisotopic (exact) mass is 909 g/mol. The molecule has 3 rings (SSSR count). The average Bonchev–Trinajstić information content (AvgIpc) is 3.22. The zero-order valence-corrected chi connectivity index (χ0v) is 36.9. The van der Waals surface area contributed by atoms with Crippen LogP contribution in [-0.4, -0.2) is 166 Å². The summed E-state index contributed by atoms with van der Waals surface area (Å²) in [5, 5.41) is 118. The molecule has 2 saturated heterocycles. The highest BCUT2D eigenvalue weighted by atomic mass is 16.7. The number of nitrogens with two attached hydrogens (primary N) is 1. The van der Waals surface area contributed by atoms with Crippen LogP contribution in [0.25, 0.3) is 0 Å². The molecule has 0 aromatic heterocycles. The van der Waals surface area contributed by atoms with E-state index in [0.717, 1.165) is 0 Å². The number of hydrogen-bond acceptors (Lipinski definition) is 17. The molecule has 0 amide bonds. The fraction of sp³-hybridized carbons (Fsp3) is 0.652. The van der Waals surface area contributed by atoms with E-state index >= 15 is 0 Å². The van der Waals surface area contributed by atoms with E-state index in [4.69, 9.17) is 24.7 Å². The van der Waals surface area contributed by atoms with Crippen LogP contribution in [0.15, 0.2) is 85.1 Å². The Hall–Kier alpha value is -3.44. The standard InChI is InChI=1S/C46H71NO17/c1-26-17-15-13-11-9-7-5-6-8-10-12-14-16-18-32(63-45-43(57)40(47)42(56)29(4)62-45)23-36-39(44(58)59)35(52)25-46(60,64-36)37(53)24-34(51)33(50)20-19-30(48)21-31(49)22-38(54)61-28(3)27(2)41(26)55/h5-18,26-37,39-43,45,48-53,55-57,60H,19-25,47H2,1-4H3,(H,58,59)/b6-5+,9-7+,10-8+,13-11+,14-12+,17-15+,18-16+/t26-,27-,28-,29+,30+,31+,32-,33+,34+,35-,36?,37-,39?,40-,41+,42+,43-,45-,46-/m0/s1. The maximum Gasteiger partial charge on any atom is 0.311 e. The van der Waals surface area contributed by atoms with Crippen LogP contribution in [0.3, 0.4) is 0 Å². The molecule has 0 aromatic rings. The predicted octanol–water partition coefficient (Wildman–Crippen LogP) is 0.322. The van der Waals surface area contributed by atoms with Crippen LogP contribution in [0, 0.1) is 17.8 Å². The van der Waals surface area contributed by atoms with E-state index in [-0.39, 0.29) is 25.2 Å². The molecule has 19 atom stereocenters. The van der Waals surface area contributed by atoms with E-state index in [0.29, 0.717) is 0 Å². The van der Waals surface area contributed by atoms with E-state index in [1.54, 1.807) is 86.8 Å². The van der Waals surface area contributed by atoms with Crippen molar-refractivity contribution < 1.29 is 84.7 Å². The van der Waals surface area contributed by atoms with Crippen molar-refractivity contribution in [1.82, 2.24) is 0 Å². The molecule has 18 heteroatoms. The Balaban J connectivity index is 1.88. The minimum Gasteiger partial charge on any atom is -0.481 e. The van der Waals surface area contributed by atoms with Gasteiger partial charge in [0.05, 0.1) is 73.5 Å². The molecular weight excluding hydrogens is 838 g/mol. The fourth-order valence-corrected chi connectivity index (χ4v) is 7.69. The van der Waals surface area contributed by atoms with E-state index in [1.807, 2.05) is 13.0 Å². The first-order valence-electron chi connectivity index (χ1n) is 21.8. The number of fused-ring (bicyclic) bond motifs is 2. The summed E-state index contributed by atoms with van der Waals surface area (Å²) in [4.78, 5) is 25.1. The molecule has 2 unspecified atom stereocenters. The Labute approximate surface area is 374 Å². The van der Waals surface area contributed by atoms with Crippen molar-refractivity contribution in [2.45, 2.75) is 170 Å². The normalized spacial score (nSPS) is 45.8. The zero-order chi connectivity index (χ0) is 47.7. The van der Waals surface area contributed by atoms with Gasteiger partial charge in [-0.2, -0.15) is 0 Å². The first-order chi connectivity index (χ1) is 30.1. The summed E-state index contributed by atoms with van der Waals surface area (Å²) in [6.45, 7) is 6.71. The number of aliphatic hydroxyl groups is 10. The maximum absolute atomic E-state index is 12.6. The number of esters is 1. The summed E-state index contributed by atoms with van der Waals surface area (Å²) < 4.78 is 23.0. The second-order valence-corrected chi connectivity index (χ2v) is 17.1. The second-order valence-electron chi connectivity index (χ2n) is 17.1. The number of aliphatic carboxylic acids is 1. The van der Waals surface area contributed by atoms with Gasteiger partial charge in [0.2, 0.25) is 0 Å². The number of hydrogen-bond donors (Lipinski definition) is 12. The number of aliphatic hydroxyl groups excluding tert-OH is 9. The Bertz CT molecular complexity index is 1650. The molecule has 64 heavy (non-hydrogen) atoms. The molecule has 0 radical (unpaired) electrons.